The molecule has 2 heteroatoms. The molecule has 1 aromatic rings. The molecule has 0 aromatic carbocycles. The zero-order valence-electron chi connectivity index (χ0n) is 8.54. The Balaban J connectivity index is 1.92. The maximum absolute atomic E-state index is 6.32. The summed E-state index contributed by atoms with van der Waals surface area (Å²) in [4.78, 5) is 4.37. The van der Waals surface area contributed by atoms with Crippen LogP contribution in [0.2, 0.25) is 0 Å². The maximum Gasteiger partial charge on any atom is 0.0419 e. The van der Waals surface area contributed by atoms with Crippen molar-refractivity contribution in [3.05, 3.63) is 29.6 Å². The van der Waals surface area contributed by atoms with Crippen molar-refractivity contribution in [2.45, 2.75) is 38.0 Å². The molecular weight excluding hydrogens is 194 g/mol. The second kappa shape index (κ2) is 4.31. The normalized spacial score (nSPS) is 19.0. The van der Waals surface area contributed by atoms with Gasteiger partial charge in [-0.2, -0.15) is 0 Å². The second-order valence-corrected chi connectivity index (χ2v) is 4.80. The Morgan fingerprint density at radius 3 is 2.79 bits per heavy atom. The van der Waals surface area contributed by atoms with Crippen LogP contribution in [-0.4, -0.2) is 10.4 Å². The van der Waals surface area contributed by atoms with Gasteiger partial charge in [0.1, 0.15) is 0 Å². The van der Waals surface area contributed by atoms with Gasteiger partial charge in [-0.1, -0.05) is 12.5 Å². The summed E-state index contributed by atoms with van der Waals surface area (Å²) < 4.78 is 0. The number of nitrogens with zero attached hydrogens (tertiary/aromatic N) is 1. The third-order valence-corrected chi connectivity index (χ3v) is 3.55. The van der Waals surface area contributed by atoms with E-state index in [0.29, 0.717) is 5.38 Å². The van der Waals surface area contributed by atoms with Crippen LogP contribution in [-0.2, 0) is 6.42 Å². The first-order chi connectivity index (χ1) is 6.75. The molecule has 2 rings (SSSR count). The molecule has 0 spiro atoms. The van der Waals surface area contributed by atoms with Gasteiger partial charge in [0.25, 0.3) is 0 Å². The lowest BCUT2D eigenvalue weighted by molar-refractivity contribution is 0.301. The van der Waals surface area contributed by atoms with E-state index in [1.165, 1.54) is 24.8 Å². The van der Waals surface area contributed by atoms with E-state index in [2.05, 4.69) is 24.0 Å². The van der Waals surface area contributed by atoms with E-state index in [1.807, 2.05) is 6.20 Å². The number of pyridine rings is 1. The van der Waals surface area contributed by atoms with Crippen molar-refractivity contribution in [2.75, 3.05) is 0 Å². The van der Waals surface area contributed by atoms with Crippen LogP contribution in [0.3, 0.4) is 0 Å². The molecule has 1 saturated carbocycles. The van der Waals surface area contributed by atoms with E-state index < -0.39 is 0 Å². The average molecular weight is 210 g/mol. The first-order valence-electron chi connectivity index (χ1n) is 5.31. The second-order valence-electron chi connectivity index (χ2n) is 4.24. The fourth-order valence-corrected chi connectivity index (χ4v) is 2.20. The fourth-order valence-electron chi connectivity index (χ4n) is 1.79. The number of aromatic nitrogens is 1. The van der Waals surface area contributed by atoms with Crippen LogP contribution in [0.15, 0.2) is 18.3 Å². The number of rotatable bonds is 3. The summed E-state index contributed by atoms with van der Waals surface area (Å²) in [7, 11) is 0. The Kier molecular flexibility index (Phi) is 3.07. The van der Waals surface area contributed by atoms with Crippen molar-refractivity contribution in [2.24, 2.45) is 5.92 Å². The summed E-state index contributed by atoms with van der Waals surface area (Å²) in [6, 6.07) is 4.19. The Bertz CT molecular complexity index is 290. The molecule has 1 heterocycles. The lowest BCUT2D eigenvalue weighted by Crippen LogP contribution is -2.24. The SMILES string of the molecule is Cc1ccc(CC(Cl)C2CCC2)nc1. The molecule has 0 N–H and O–H groups in total. The Morgan fingerprint density at radius 2 is 2.29 bits per heavy atom. The molecule has 1 atom stereocenters. The maximum atomic E-state index is 6.32. The van der Waals surface area contributed by atoms with Crippen LogP contribution < -0.4 is 0 Å². The van der Waals surface area contributed by atoms with Gasteiger partial charge in [-0.3, -0.25) is 4.98 Å². The first-order valence-corrected chi connectivity index (χ1v) is 5.75. The number of aryl methyl sites for hydroxylation is 1. The van der Waals surface area contributed by atoms with Crippen LogP contribution in [0.5, 0.6) is 0 Å². The van der Waals surface area contributed by atoms with Gasteiger partial charge >= 0.3 is 0 Å². The fraction of sp³-hybridized carbons (Fsp3) is 0.583. The van der Waals surface area contributed by atoms with Crippen molar-refractivity contribution < 1.29 is 0 Å². The van der Waals surface area contributed by atoms with E-state index in [1.54, 1.807) is 0 Å². The monoisotopic (exact) mass is 209 g/mol. The lowest BCUT2D eigenvalue weighted by atomic mass is 9.81. The highest BCUT2D eigenvalue weighted by molar-refractivity contribution is 6.20. The summed E-state index contributed by atoms with van der Waals surface area (Å²) in [5, 5.41) is 0.291. The zero-order valence-corrected chi connectivity index (χ0v) is 9.30. The van der Waals surface area contributed by atoms with Crippen LogP contribution in [0.25, 0.3) is 0 Å². The van der Waals surface area contributed by atoms with Crippen molar-refractivity contribution in [3.8, 4) is 0 Å². The molecule has 1 fully saturated rings. The van der Waals surface area contributed by atoms with Crippen LogP contribution in [0.4, 0.5) is 0 Å². The molecule has 1 aliphatic carbocycles. The minimum Gasteiger partial charge on any atom is -0.261 e. The van der Waals surface area contributed by atoms with E-state index >= 15 is 0 Å². The average Bonchev–Trinajstić information content (AvgIpc) is 2.06. The van der Waals surface area contributed by atoms with Crippen molar-refractivity contribution >= 4 is 11.6 Å². The number of hydrogen-bond acceptors (Lipinski definition) is 1. The smallest absolute Gasteiger partial charge is 0.0419 e. The molecule has 76 valence electrons. The largest absolute Gasteiger partial charge is 0.261 e. The predicted octanol–water partition coefficient (Wildman–Crippen LogP) is 3.34. The van der Waals surface area contributed by atoms with Gasteiger partial charge in [-0.05, 0) is 37.3 Å². The predicted molar refractivity (Wildman–Crippen MR) is 59.7 cm³/mol. The third kappa shape index (κ3) is 2.27. The molecule has 14 heavy (non-hydrogen) atoms. The Labute approximate surface area is 90.5 Å². The van der Waals surface area contributed by atoms with Gasteiger partial charge in [0.05, 0.1) is 0 Å². The number of hydrogen-bond donors (Lipinski definition) is 0. The van der Waals surface area contributed by atoms with Gasteiger partial charge in [0, 0.05) is 23.7 Å². The Morgan fingerprint density at radius 1 is 1.50 bits per heavy atom. The van der Waals surface area contributed by atoms with Crippen LogP contribution in [0.1, 0.15) is 30.5 Å². The summed E-state index contributed by atoms with van der Waals surface area (Å²) in [5.74, 6) is 0.736. The summed E-state index contributed by atoms with van der Waals surface area (Å²) in [6.07, 6.45) is 6.81. The van der Waals surface area contributed by atoms with E-state index in [4.69, 9.17) is 11.6 Å². The molecular formula is C12H16ClN. The highest BCUT2D eigenvalue weighted by Crippen LogP contribution is 2.33. The third-order valence-electron chi connectivity index (χ3n) is 3.04. The van der Waals surface area contributed by atoms with Crippen LogP contribution in [0, 0.1) is 12.8 Å². The lowest BCUT2D eigenvalue weighted by Gasteiger charge is -2.29. The van der Waals surface area contributed by atoms with Gasteiger partial charge < -0.3 is 0 Å². The summed E-state index contributed by atoms with van der Waals surface area (Å²) >= 11 is 6.32. The number of halogens is 1. The number of alkyl halides is 1. The summed E-state index contributed by atoms with van der Waals surface area (Å²) in [6.45, 7) is 2.06. The molecule has 1 aromatic heterocycles. The van der Waals surface area contributed by atoms with Gasteiger partial charge in [-0.25, -0.2) is 0 Å². The quantitative estimate of drug-likeness (QED) is 0.696. The Hall–Kier alpha value is -0.560. The molecule has 0 aliphatic heterocycles. The minimum atomic E-state index is 0.291. The first kappa shape index (κ1) is 9.97. The standard InChI is InChI=1S/C12H16ClN/c1-9-5-6-11(14-8-9)7-12(13)10-3-2-4-10/h5-6,8,10,12H,2-4,7H2,1H3. The molecule has 0 saturated heterocycles. The van der Waals surface area contributed by atoms with Crippen molar-refractivity contribution in [1.82, 2.24) is 4.98 Å². The molecule has 0 radical (unpaired) electrons. The summed E-state index contributed by atoms with van der Waals surface area (Å²) in [5.41, 5.74) is 2.34. The van der Waals surface area contributed by atoms with Crippen molar-refractivity contribution in [3.63, 3.8) is 0 Å². The van der Waals surface area contributed by atoms with Crippen LogP contribution >= 0.6 is 11.6 Å². The van der Waals surface area contributed by atoms with Gasteiger partial charge in [0.2, 0.25) is 0 Å². The topological polar surface area (TPSA) is 12.9 Å². The minimum absolute atomic E-state index is 0.291. The highest BCUT2D eigenvalue weighted by atomic mass is 35.5. The molecule has 1 unspecified atom stereocenters. The van der Waals surface area contributed by atoms with E-state index in [9.17, 15) is 0 Å². The van der Waals surface area contributed by atoms with Gasteiger partial charge in [-0.15, -0.1) is 11.6 Å². The van der Waals surface area contributed by atoms with Crippen molar-refractivity contribution in [1.29, 1.82) is 0 Å². The highest BCUT2D eigenvalue weighted by Gasteiger charge is 2.25. The molecule has 1 nitrogen and oxygen atoms in total. The van der Waals surface area contributed by atoms with E-state index in [0.717, 1.165) is 18.0 Å². The molecule has 1 aliphatic rings. The zero-order chi connectivity index (χ0) is 9.97. The van der Waals surface area contributed by atoms with E-state index in [-0.39, 0.29) is 0 Å². The molecule has 0 amide bonds. The van der Waals surface area contributed by atoms with Gasteiger partial charge in [0.15, 0.2) is 0 Å². The molecule has 0 bridgehead atoms.